The maximum atomic E-state index is 12.7. The number of rotatable bonds is 5. The van der Waals surface area contributed by atoms with E-state index in [1.54, 1.807) is 16.7 Å². The summed E-state index contributed by atoms with van der Waals surface area (Å²) in [7, 11) is 0. The highest BCUT2D eigenvalue weighted by Crippen LogP contribution is 2.26. The molecule has 3 rings (SSSR count). The predicted octanol–water partition coefficient (Wildman–Crippen LogP) is 3.51. The van der Waals surface area contributed by atoms with Crippen LogP contribution in [0.4, 0.5) is 0 Å². The van der Waals surface area contributed by atoms with Crippen LogP contribution in [0.3, 0.4) is 0 Å². The number of piperidine rings is 1. The monoisotopic (exact) mass is 345 g/mol. The number of carboxylic acid groups (broad SMARTS) is 1. The molecule has 0 saturated carbocycles. The number of aliphatic carboxylic acids is 1. The maximum absolute atomic E-state index is 12.7. The molecule has 1 saturated heterocycles. The number of likely N-dealkylation sites (tertiary alicyclic amines) is 1. The van der Waals surface area contributed by atoms with Crippen LogP contribution in [-0.4, -0.2) is 35.0 Å². The summed E-state index contributed by atoms with van der Waals surface area (Å²) in [5, 5.41) is 9.17. The van der Waals surface area contributed by atoms with Crippen LogP contribution in [-0.2, 0) is 10.5 Å². The number of hydrogen-bond acceptors (Lipinski definition) is 4. The zero-order valence-corrected chi connectivity index (χ0v) is 14.0. The Kier molecular flexibility index (Phi) is 5.25. The second-order valence-electron chi connectivity index (χ2n) is 5.81. The molecule has 5 nitrogen and oxygen atoms in total. The molecule has 1 N–H and O–H groups in total. The van der Waals surface area contributed by atoms with E-state index in [1.807, 2.05) is 36.4 Å². The van der Waals surface area contributed by atoms with E-state index < -0.39 is 11.9 Å². The molecule has 126 valence electrons. The third-order valence-electron chi connectivity index (χ3n) is 4.14. The highest BCUT2D eigenvalue weighted by molar-refractivity contribution is 7.98. The van der Waals surface area contributed by atoms with Gasteiger partial charge in [0.2, 0.25) is 0 Å². The maximum Gasteiger partial charge on any atom is 0.308 e. The normalized spacial score (nSPS) is 17.7. The van der Waals surface area contributed by atoms with Crippen molar-refractivity contribution in [3.8, 4) is 0 Å². The molecule has 1 aromatic carbocycles. The van der Waals surface area contributed by atoms with E-state index in [0.29, 0.717) is 30.9 Å². The molecule has 1 aromatic heterocycles. The predicted molar refractivity (Wildman–Crippen MR) is 91.0 cm³/mol. The van der Waals surface area contributed by atoms with Crippen LogP contribution in [0.1, 0.15) is 29.0 Å². The number of nitrogens with zero attached hydrogens (tertiary/aromatic N) is 1. The van der Waals surface area contributed by atoms with Crippen LogP contribution in [0, 0.1) is 5.92 Å². The van der Waals surface area contributed by atoms with Gasteiger partial charge in [-0.3, -0.25) is 9.59 Å². The highest BCUT2D eigenvalue weighted by atomic mass is 32.2. The van der Waals surface area contributed by atoms with E-state index in [4.69, 9.17) is 9.52 Å². The fourth-order valence-electron chi connectivity index (χ4n) is 2.82. The standard InChI is InChI=1S/C18H19NO4S/c20-17(19-9-4-5-13(11-19)18(21)22)16-14(8-10-23-16)12-24-15-6-2-1-3-7-15/h1-3,6-8,10,13H,4-5,9,11-12H2,(H,21,22). The van der Waals surface area contributed by atoms with Gasteiger partial charge in [0, 0.05) is 29.3 Å². The Hall–Kier alpha value is -2.21. The summed E-state index contributed by atoms with van der Waals surface area (Å²) in [6.07, 6.45) is 2.85. The third-order valence-corrected chi connectivity index (χ3v) is 5.20. The summed E-state index contributed by atoms with van der Waals surface area (Å²) in [5.41, 5.74) is 0.839. The van der Waals surface area contributed by atoms with Crippen LogP contribution in [0.25, 0.3) is 0 Å². The molecule has 24 heavy (non-hydrogen) atoms. The lowest BCUT2D eigenvalue weighted by Gasteiger charge is -2.30. The zero-order valence-electron chi connectivity index (χ0n) is 13.2. The molecular weight excluding hydrogens is 326 g/mol. The number of hydrogen-bond donors (Lipinski definition) is 1. The van der Waals surface area contributed by atoms with Gasteiger partial charge in [0.25, 0.3) is 5.91 Å². The second kappa shape index (κ2) is 7.57. The average molecular weight is 345 g/mol. The van der Waals surface area contributed by atoms with Crippen LogP contribution < -0.4 is 0 Å². The average Bonchev–Trinajstić information content (AvgIpc) is 3.09. The van der Waals surface area contributed by atoms with Crippen LogP contribution in [0.15, 0.2) is 52.0 Å². The first kappa shape index (κ1) is 16.6. The first-order chi connectivity index (χ1) is 11.6. The number of carbonyl (C=O) groups is 2. The molecule has 0 radical (unpaired) electrons. The Bertz CT molecular complexity index is 713. The van der Waals surface area contributed by atoms with E-state index in [1.165, 1.54) is 6.26 Å². The van der Waals surface area contributed by atoms with Crippen molar-refractivity contribution in [3.63, 3.8) is 0 Å². The van der Waals surface area contributed by atoms with Gasteiger partial charge in [0.15, 0.2) is 5.76 Å². The van der Waals surface area contributed by atoms with Crippen molar-refractivity contribution in [1.82, 2.24) is 4.90 Å². The lowest BCUT2D eigenvalue weighted by Crippen LogP contribution is -2.42. The van der Waals surface area contributed by atoms with E-state index in [-0.39, 0.29) is 12.5 Å². The van der Waals surface area contributed by atoms with Gasteiger partial charge in [0.05, 0.1) is 12.2 Å². The van der Waals surface area contributed by atoms with Crippen LogP contribution in [0.2, 0.25) is 0 Å². The Balaban J connectivity index is 1.67. The van der Waals surface area contributed by atoms with E-state index in [2.05, 4.69) is 0 Å². The molecule has 1 atom stereocenters. The van der Waals surface area contributed by atoms with Crippen molar-refractivity contribution >= 4 is 23.6 Å². The molecular formula is C18H19NO4S. The van der Waals surface area contributed by atoms with Gasteiger partial charge in [-0.1, -0.05) is 18.2 Å². The van der Waals surface area contributed by atoms with Gasteiger partial charge in [-0.25, -0.2) is 0 Å². The van der Waals surface area contributed by atoms with Gasteiger partial charge >= 0.3 is 5.97 Å². The molecule has 1 unspecified atom stereocenters. The van der Waals surface area contributed by atoms with Gasteiger partial charge < -0.3 is 14.4 Å². The van der Waals surface area contributed by atoms with Crippen molar-refractivity contribution < 1.29 is 19.1 Å². The van der Waals surface area contributed by atoms with Crippen LogP contribution >= 0.6 is 11.8 Å². The quantitative estimate of drug-likeness (QED) is 0.840. The molecule has 0 spiro atoms. The van der Waals surface area contributed by atoms with E-state index in [9.17, 15) is 9.59 Å². The highest BCUT2D eigenvalue weighted by Gasteiger charge is 2.30. The van der Waals surface area contributed by atoms with E-state index >= 15 is 0 Å². The third kappa shape index (κ3) is 3.82. The van der Waals surface area contributed by atoms with Crippen molar-refractivity contribution in [2.24, 2.45) is 5.92 Å². The molecule has 1 aliphatic heterocycles. The van der Waals surface area contributed by atoms with Gasteiger partial charge in [-0.2, -0.15) is 0 Å². The topological polar surface area (TPSA) is 70.8 Å². The molecule has 0 bridgehead atoms. The fourth-order valence-corrected chi connectivity index (χ4v) is 3.72. The summed E-state index contributed by atoms with van der Waals surface area (Å²) in [4.78, 5) is 26.6. The lowest BCUT2D eigenvalue weighted by molar-refractivity contribution is -0.143. The minimum Gasteiger partial charge on any atom is -0.481 e. The first-order valence-electron chi connectivity index (χ1n) is 7.91. The molecule has 1 amide bonds. The van der Waals surface area contributed by atoms with Gasteiger partial charge in [0.1, 0.15) is 0 Å². The lowest BCUT2D eigenvalue weighted by atomic mass is 9.98. The fraction of sp³-hybridized carbons (Fsp3) is 0.333. The van der Waals surface area contributed by atoms with Crippen molar-refractivity contribution in [2.75, 3.05) is 13.1 Å². The van der Waals surface area contributed by atoms with Gasteiger partial charge in [-0.05, 0) is 31.0 Å². The SMILES string of the molecule is O=C(O)C1CCCN(C(=O)c2occc2CSc2ccccc2)C1. The Morgan fingerprint density at radius 1 is 1.25 bits per heavy atom. The summed E-state index contributed by atoms with van der Waals surface area (Å²) < 4.78 is 5.41. The summed E-state index contributed by atoms with van der Waals surface area (Å²) in [6, 6.07) is 11.8. The Labute approximate surface area is 144 Å². The number of furan rings is 1. The number of thioether (sulfide) groups is 1. The second-order valence-corrected chi connectivity index (χ2v) is 6.85. The molecule has 2 aromatic rings. The van der Waals surface area contributed by atoms with E-state index in [0.717, 1.165) is 10.5 Å². The number of amides is 1. The molecule has 6 heteroatoms. The molecule has 2 heterocycles. The summed E-state index contributed by atoms with van der Waals surface area (Å²) in [6.45, 7) is 0.828. The largest absolute Gasteiger partial charge is 0.481 e. The van der Waals surface area contributed by atoms with Crippen molar-refractivity contribution in [1.29, 1.82) is 0 Å². The Morgan fingerprint density at radius 2 is 2.04 bits per heavy atom. The zero-order chi connectivity index (χ0) is 16.9. The minimum atomic E-state index is -0.841. The van der Waals surface area contributed by atoms with Gasteiger partial charge in [-0.15, -0.1) is 11.8 Å². The number of carboxylic acids is 1. The summed E-state index contributed by atoms with van der Waals surface area (Å²) in [5.74, 6) is -0.580. The minimum absolute atomic E-state index is 0.213. The summed E-state index contributed by atoms with van der Waals surface area (Å²) >= 11 is 1.64. The van der Waals surface area contributed by atoms with Crippen molar-refractivity contribution in [3.05, 3.63) is 54.0 Å². The van der Waals surface area contributed by atoms with Crippen LogP contribution in [0.5, 0.6) is 0 Å². The number of carbonyl (C=O) groups excluding carboxylic acids is 1. The first-order valence-corrected chi connectivity index (χ1v) is 8.90. The number of benzene rings is 1. The molecule has 1 aliphatic rings. The molecule has 0 aliphatic carbocycles. The Morgan fingerprint density at radius 3 is 2.79 bits per heavy atom. The smallest absolute Gasteiger partial charge is 0.308 e. The van der Waals surface area contributed by atoms with Crippen molar-refractivity contribution in [2.45, 2.75) is 23.5 Å². The molecule has 1 fully saturated rings.